The summed E-state index contributed by atoms with van der Waals surface area (Å²) in [5.41, 5.74) is 5.82. The number of nitrogen functional groups attached to an aromatic ring is 1. The lowest BCUT2D eigenvalue weighted by Gasteiger charge is -2.12. The van der Waals surface area contributed by atoms with E-state index in [1.54, 1.807) is 0 Å². The minimum Gasteiger partial charge on any atom is -0.399 e. The fourth-order valence-electron chi connectivity index (χ4n) is 1.65. The quantitative estimate of drug-likeness (QED) is 0.789. The maximum absolute atomic E-state index is 12.1. The number of benzene rings is 1. The van der Waals surface area contributed by atoms with Crippen molar-refractivity contribution < 1.29 is 16.8 Å². The third kappa shape index (κ3) is 3.27. The molecule has 0 spiro atoms. The van der Waals surface area contributed by atoms with Crippen molar-refractivity contribution in [3.8, 4) is 0 Å². The maximum Gasteiger partial charge on any atom is 0.242 e. The Balaban J connectivity index is 2.27. The highest BCUT2D eigenvalue weighted by molar-refractivity contribution is 7.94. The van der Waals surface area contributed by atoms with Crippen molar-refractivity contribution in [2.24, 2.45) is 0 Å². The Morgan fingerprint density at radius 1 is 1.37 bits per heavy atom. The van der Waals surface area contributed by atoms with Crippen LogP contribution in [0, 0.1) is 0 Å². The Morgan fingerprint density at radius 3 is 2.58 bits per heavy atom. The molecular formula is C10H11ClN2O4S2. The number of hydrogen-bond donors (Lipinski definition) is 2. The van der Waals surface area contributed by atoms with Crippen LogP contribution in [0.4, 0.5) is 5.69 Å². The molecule has 9 heteroatoms. The molecule has 0 amide bonds. The van der Waals surface area contributed by atoms with E-state index in [0.717, 1.165) is 5.41 Å². The van der Waals surface area contributed by atoms with Crippen LogP contribution in [0.25, 0.3) is 0 Å². The van der Waals surface area contributed by atoms with Gasteiger partial charge in [-0.2, -0.15) is 0 Å². The number of nitrogens with one attached hydrogen (secondary N) is 1. The third-order valence-corrected chi connectivity index (χ3v) is 5.85. The average Bonchev–Trinajstić information content (AvgIpc) is 2.56. The first-order valence-corrected chi connectivity index (χ1v) is 8.76. The third-order valence-electron chi connectivity index (χ3n) is 2.48. The molecule has 0 saturated heterocycles. The summed E-state index contributed by atoms with van der Waals surface area (Å²) in [5.74, 6) is -0.293. The molecular weight excluding hydrogens is 312 g/mol. The minimum atomic E-state index is -3.89. The minimum absolute atomic E-state index is 0.0164. The Labute approximate surface area is 116 Å². The fourth-order valence-corrected chi connectivity index (χ4v) is 4.73. The lowest BCUT2D eigenvalue weighted by atomic mass is 10.3. The molecule has 0 fully saturated rings. The van der Waals surface area contributed by atoms with Crippen LogP contribution < -0.4 is 10.5 Å². The van der Waals surface area contributed by atoms with Gasteiger partial charge < -0.3 is 5.73 Å². The molecule has 0 saturated carbocycles. The summed E-state index contributed by atoms with van der Waals surface area (Å²) < 4.78 is 48.8. The van der Waals surface area contributed by atoms with Crippen molar-refractivity contribution in [1.29, 1.82) is 0 Å². The van der Waals surface area contributed by atoms with Gasteiger partial charge in [-0.25, -0.2) is 21.6 Å². The molecule has 1 heterocycles. The van der Waals surface area contributed by atoms with Crippen LogP contribution in [0.1, 0.15) is 0 Å². The maximum atomic E-state index is 12.1. The largest absolute Gasteiger partial charge is 0.399 e. The lowest BCUT2D eigenvalue weighted by Crippen LogP contribution is -2.35. The summed E-state index contributed by atoms with van der Waals surface area (Å²) in [6.45, 7) is 0. The summed E-state index contributed by atoms with van der Waals surface area (Å²) in [6.07, 6.45) is 1.29. The van der Waals surface area contributed by atoms with E-state index in [9.17, 15) is 16.8 Å². The summed E-state index contributed by atoms with van der Waals surface area (Å²) in [6, 6.07) is 3.20. The van der Waals surface area contributed by atoms with E-state index in [1.165, 1.54) is 24.3 Å². The number of sulfone groups is 1. The van der Waals surface area contributed by atoms with E-state index in [4.69, 9.17) is 17.3 Å². The van der Waals surface area contributed by atoms with Gasteiger partial charge in [-0.05, 0) is 18.2 Å². The van der Waals surface area contributed by atoms with Crippen molar-refractivity contribution in [3.05, 3.63) is 34.7 Å². The number of anilines is 1. The molecule has 1 unspecified atom stereocenters. The van der Waals surface area contributed by atoms with Crippen LogP contribution in [0.2, 0.25) is 5.02 Å². The van der Waals surface area contributed by atoms with Gasteiger partial charge in [-0.3, -0.25) is 0 Å². The molecule has 1 aliphatic heterocycles. The Hall–Kier alpha value is -1.09. The molecule has 1 aromatic rings. The number of hydrogen-bond acceptors (Lipinski definition) is 5. The van der Waals surface area contributed by atoms with Gasteiger partial charge in [0, 0.05) is 11.1 Å². The first-order valence-electron chi connectivity index (χ1n) is 5.18. The molecule has 1 aliphatic rings. The van der Waals surface area contributed by atoms with Crippen LogP contribution in [-0.4, -0.2) is 28.6 Å². The molecule has 19 heavy (non-hydrogen) atoms. The Kier molecular flexibility index (Phi) is 3.61. The van der Waals surface area contributed by atoms with Crippen LogP contribution in [0.3, 0.4) is 0 Å². The molecule has 3 N–H and O–H groups in total. The van der Waals surface area contributed by atoms with Gasteiger partial charge in [0.15, 0.2) is 9.84 Å². The topological polar surface area (TPSA) is 106 Å². The van der Waals surface area contributed by atoms with E-state index in [2.05, 4.69) is 4.72 Å². The zero-order chi connectivity index (χ0) is 14.3. The predicted molar refractivity (Wildman–Crippen MR) is 72.9 cm³/mol. The number of sulfonamides is 1. The molecule has 1 aromatic carbocycles. The van der Waals surface area contributed by atoms with Gasteiger partial charge in [-0.15, -0.1) is 0 Å². The zero-order valence-corrected chi connectivity index (χ0v) is 12.0. The van der Waals surface area contributed by atoms with Crippen LogP contribution in [0.15, 0.2) is 34.6 Å². The Bertz CT molecular complexity index is 741. The molecule has 6 nitrogen and oxygen atoms in total. The van der Waals surface area contributed by atoms with Gasteiger partial charge in [-0.1, -0.05) is 17.7 Å². The van der Waals surface area contributed by atoms with Gasteiger partial charge in [0.25, 0.3) is 0 Å². The monoisotopic (exact) mass is 322 g/mol. The predicted octanol–water partition coefficient (Wildman–Crippen LogP) is 0.511. The fraction of sp³-hybridized carbons (Fsp3) is 0.200. The van der Waals surface area contributed by atoms with Crippen molar-refractivity contribution in [2.45, 2.75) is 10.9 Å². The molecule has 0 radical (unpaired) electrons. The summed E-state index contributed by atoms with van der Waals surface area (Å²) in [7, 11) is -7.22. The van der Waals surface area contributed by atoms with Crippen molar-refractivity contribution in [3.63, 3.8) is 0 Å². The molecule has 2 rings (SSSR count). The highest BCUT2D eigenvalue weighted by Gasteiger charge is 2.27. The van der Waals surface area contributed by atoms with Crippen molar-refractivity contribution in [2.75, 3.05) is 11.5 Å². The second-order valence-electron chi connectivity index (χ2n) is 4.08. The molecule has 0 bridgehead atoms. The first-order chi connectivity index (χ1) is 8.70. The lowest BCUT2D eigenvalue weighted by molar-refractivity contribution is 0.575. The summed E-state index contributed by atoms with van der Waals surface area (Å²) in [4.78, 5) is -0.138. The molecule has 104 valence electrons. The summed E-state index contributed by atoms with van der Waals surface area (Å²) in [5, 5.41) is 0.974. The van der Waals surface area contributed by atoms with Gasteiger partial charge in [0.05, 0.1) is 16.8 Å². The number of halogens is 1. The second-order valence-corrected chi connectivity index (χ2v) is 8.10. The number of nitrogens with two attached hydrogens (primary N) is 1. The highest BCUT2D eigenvalue weighted by atomic mass is 35.5. The van der Waals surface area contributed by atoms with E-state index in [0.29, 0.717) is 5.69 Å². The Morgan fingerprint density at radius 2 is 2.05 bits per heavy atom. The SMILES string of the molecule is Nc1ccc(S(=O)(=O)NC2C=CS(=O)(=O)C2)c(Cl)c1. The molecule has 0 aliphatic carbocycles. The smallest absolute Gasteiger partial charge is 0.242 e. The highest BCUT2D eigenvalue weighted by Crippen LogP contribution is 2.24. The standard InChI is InChI=1S/C10H11ClN2O4S2/c11-9-5-7(12)1-2-10(9)19(16,17)13-8-3-4-18(14,15)6-8/h1-5,8,13H,6,12H2. The van der Waals surface area contributed by atoms with E-state index < -0.39 is 25.9 Å². The van der Waals surface area contributed by atoms with Gasteiger partial charge in [0.1, 0.15) is 4.90 Å². The van der Waals surface area contributed by atoms with Gasteiger partial charge in [0.2, 0.25) is 10.0 Å². The van der Waals surface area contributed by atoms with Crippen molar-refractivity contribution >= 4 is 37.1 Å². The van der Waals surface area contributed by atoms with Crippen LogP contribution in [-0.2, 0) is 19.9 Å². The zero-order valence-electron chi connectivity index (χ0n) is 9.58. The van der Waals surface area contributed by atoms with Crippen LogP contribution >= 0.6 is 11.6 Å². The van der Waals surface area contributed by atoms with E-state index in [1.807, 2.05) is 0 Å². The summed E-state index contributed by atoms with van der Waals surface area (Å²) >= 11 is 5.82. The first kappa shape index (κ1) is 14.3. The second kappa shape index (κ2) is 4.78. The molecule has 1 atom stereocenters. The molecule has 0 aromatic heterocycles. The van der Waals surface area contributed by atoms with Gasteiger partial charge >= 0.3 is 0 Å². The van der Waals surface area contributed by atoms with E-state index >= 15 is 0 Å². The number of rotatable bonds is 3. The normalized spacial score (nSPS) is 21.6. The van der Waals surface area contributed by atoms with Crippen molar-refractivity contribution in [1.82, 2.24) is 4.72 Å². The average molecular weight is 323 g/mol. The van der Waals surface area contributed by atoms with Crippen LogP contribution in [0.5, 0.6) is 0 Å². The van der Waals surface area contributed by atoms with E-state index in [-0.39, 0.29) is 15.7 Å².